The maximum atomic E-state index is 13.6. The van der Waals surface area contributed by atoms with Crippen molar-refractivity contribution in [2.45, 2.75) is 38.5 Å². The van der Waals surface area contributed by atoms with Crippen molar-refractivity contribution in [3.05, 3.63) is 89.5 Å². The molecule has 0 unspecified atom stereocenters. The Kier molecular flexibility index (Phi) is 7.07. The summed E-state index contributed by atoms with van der Waals surface area (Å²) in [4.78, 5) is 0. The molecule has 12 heteroatoms. The minimum absolute atomic E-state index is 0.196. The number of hydrogen-bond acceptors (Lipinski definition) is 3. The van der Waals surface area contributed by atoms with Gasteiger partial charge in [0.1, 0.15) is 0 Å². The molecule has 4 rings (SSSR count). The predicted octanol–water partition coefficient (Wildman–Crippen LogP) is 4.57. The summed E-state index contributed by atoms with van der Waals surface area (Å²) in [6.07, 6.45) is 0. The van der Waals surface area contributed by atoms with Gasteiger partial charge in [0, 0.05) is 37.5 Å². The molecule has 3 nitrogen and oxygen atoms in total. The molecule has 1 fully saturated rings. The third kappa shape index (κ3) is 5.99. The molecule has 0 aromatic heterocycles. The standard InChI is InChI=1S/C24H21B3F6O3/c1-22(28,29)16-4-10-19(11-5-16)25-34-26(20-12-6-17(7-13-20)23(2,30)31)36-27(35-25)21-14-8-18(9-15-21)24(3,32)33/h4-15H,1-3H3. The van der Waals surface area contributed by atoms with Gasteiger partial charge < -0.3 is 13.7 Å². The normalized spacial score (nSPS) is 15.4. The van der Waals surface area contributed by atoms with E-state index in [4.69, 9.17) is 13.7 Å². The van der Waals surface area contributed by atoms with Gasteiger partial charge in [0.05, 0.1) is 0 Å². The van der Waals surface area contributed by atoms with Crippen molar-refractivity contribution in [1.82, 2.24) is 0 Å². The van der Waals surface area contributed by atoms with E-state index >= 15 is 0 Å². The molecule has 1 aliphatic heterocycles. The van der Waals surface area contributed by atoms with Gasteiger partial charge in [-0.1, -0.05) is 72.8 Å². The lowest BCUT2D eigenvalue weighted by Crippen LogP contribution is -2.61. The van der Waals surface area contributed by atoms with Crippen molar-refractivity contribution in [2.75, 3.05) is 0 Å². The van der Waals surface area contributed by atoms with Gasteiger partial charge in [-0.05, 0) is 16.4 Å². The first-order chi connectivity index (χ1) is 16.7. The molecular formula is C24H21B3F6O3. The summed E-state index contributed by atoms with van der Waals surface area (Å²) in [5.41, 5.74) is 0.648. The zero-order valence-corrected chi connectivity index (χ0v) is 19.7. The van der Waals surface area contributed by atoms with Crippen LogP contribution in [0.2, 0.25) is 0 Å². The molecule has 0 atom stereocenters. The van der Waals surface area contributed by atoms with Crippen molar-refractivity contribution in [3.8, 4) is 0 Å². The van der Waals surface area contributed by atoms with Crippen LogP contribution >= 0.6 is 0 Å². The lowest BCUT2D eigenvalue weighted by Gasteiger charge is -2.32. The first-order valence-electron chi connectivity index (χ1n) is 11.1. The van der Waals surface area contributed by atoms with Gasteiger partial charge in [0.2, 0.25) is 0 Å². The Bertz CT molecular complexity index is 1020. The summed E-state index contributed by atoms with van der Waals surface area (Å²) in [5, 5.41) is 0. The van der Waals surface area contributed by atoms with Crippen molar-refractivity contribution >= 4 is 37.7 Å². The van der Waals surface area contributed by atoms with Crippen LogP contribution in [0.3, 0.4) is 0 Å². The van der Waals surface area contributed by atoms with Crippen LogP contribution in [0, 0.1) is 0 Å². The van der Waals surface area contributed by atoms with Crippen molar-refractivity contribution in [1.29, 1.82) is 0 Å². The van der Waals surface area contributed by atoms with Gasteiger partial charge in [-0.3, -0.25) is 0 Å². The molecule has 0 spiro atoms. The molecule has 0 bridgehead atoms. The predicted molar refractivity (Wildman–Crippen MR) is 127 cm³/mol. The van der Waals surface area contributed by atoms with E-state index in [1.54, 1.807) is 0 Å². The fourth-order valence-corrected chi connectivity index (χ4v) is 3.70. The average Bonchev–Trinajstić information content (AvgIpc) is 2.82. The van der Waals surface area contributed by atoms with E-state index in [0.29, 0.717) is 16.4 Å². The minimum Gasteiger partial charge on any atom is -0.445 e. The molecule has 0 amide bonds. The number of hydrogen-bond donors (Lipinski definition) is 0. The summed E-state index contributed by atoms with van der Waals surface area (Å²) in [7, 11) is -3.23. The van der Waals surface area contributed by atoms with Gasteiger partial charge in [0.25, 0.3) is 17.8 Å². The second-order valence-corrected chi connectivity index (χ2v) is 8.94. The van der Waals surface area contributed by atoms with Gasteiger partial charge >= 0.3 is 21.4 Å². The topological polar surface area (TPSA) is 27.7 Å². The second-order valence-electron chi connectivity index (χ2n) is 8.94. The largest absolute Gasteiger partial charge is 0.467 e. The molecule has 0 saturated carbocycles. The maximum absolute atomic E-state index is 13.6. The monoisotopic (exact) mass is 504 g/mol. The zero-order valence-electron chi connectivity index (χ0n) is 19.7. The molecule has 186 valence electrons. The molecule has 1 saturated heterocycles. The molecule has 36 heavy (non-hydrogen) atoms. The van der Waals surface area contributed by atoms with Crippen LogP contribution in [0.4, 0.5) is 26.3 Å². The fourth-order valence-electron chi connectivity index (χ4n) is 3.70. The van der Waals surface area contributed by atoms with Crippen molar-refractivity contribution < 1.29 is 40.1 Å². The maximum Gasteiger partial charge on any atom is 0.467 e. The highest BCUT2D eigenvalue weighted by atomic mass is 19.3. The Labute approximate surface area is 206 Å². The lowest BCUT2D eigenvalue weighted by atomic mass is 9.61. The molecule has 0 radical (unpaired) electrons. The third-order valence-corrected chi connectivity index (χ3v) is 5.81. The summed E-state index contributed by atoms with van der Waals surface area (Å²) >= 11 is 0. The molecule has 3 aromatic rings. The van der Waals surface area contributed by atoms with E-state index in [-0.39, 0.29) is 16.7 Å². The van der Waals surface area contributed by atoms with E-state index in [0.717, 1.165) is 20.8 Å². The summed E-state index contributed by atoms with van der Waals surface area (Å²) < 4.78 is 99.5. The third-order valence-electron chi connectivity index (χ3n) is 5.81. The van der Waals surface area contributed by atoms with E-state index in [2.05, 4.69) is 0 Å². The molecule has 0 N–H and O–H groups in total. The Morgan fingerprint density at radius 3 is 0.778 bits per heavy atom. The first-order valence-corrected chi connectivity index (χ1v) is 11.1. The van der Waals surface area contributed by atoms with Crippen molar-refractivity contribution in [2.24, 2.45) is 0 Å². The summed E-state index contributed by atoms with van der Waals surface area (Å²) in [6.45, 7) is 2.34. The SMILES string of the molecule is CC(F)(F)c1ccc(B2OB(c3ccc(C(C)(F)F)cc3)OB(c3ccc(C(C)(F)F)cc3)O2)cc1. The van der Waals surface area contributed by atoms with E-state index in [1.807, 2.05) is 0 Å². The molecule has 1 heterocycles. The fraction of sp³-hybridized carbons (Fsp3) is 0.250. The zero-order chi connectivity index (χ0) is 26.3. The van der Waals surface area contributed by atoms with Crippen LogP contribution in [0.15, 0.2) is 72.8 Å². The van der Waals surface area contributed by atoms with Crippen LogP contribution in [0.5, 0.6) is 0 Å². The number of benzene rings is 3. The molecule has 1 aliphatic rings. The van der Waals surface area contributed by atoms with Crippen LogP contribution < -0.4 is 16.4 Å². The summed E-state index contributed by atoms with van der Waals surface area (Å²) in [6, 6.07) is 16.1. The number of rotatable bonds is 6. The molecule has 3 aromatic carbocycles. The van der Waals surface area contributed by atoms with Gasteiger partial charge in [-0.25, -0.2) is 26.3 Å². The number of halogens is 6. The number of alkyl halides is 6. The Morgan fingerprint density at radius 2 is 0.611 bits per heavy atom. The smallest absolute Gasteiger partial charge is 0.445 e. The molecule has 0 aliphatic carbocycles. The second kappa shape index (κ2) is 9.65. The Hall–Kier alpha value is -2.69. The van der Waals surface area contributed by atoms with Crippen LogP contribution in [-0.4, -0.2) is 21.4 Å². The van der Waals surface area contributed by atoms with Gasteiger partial charge in [-0.15, -0.1) is 0 Å². The van der Waals surface area contributed by atoms with Crippen molar-refractivity contribution in [3.63, 3.8) is 0 Å². The lowest BCUT2D eigenvalue weighted by molar-refractivity contribution is 0.0168. The van der Waals surface area contributed by atoms with E-state index in [1.165, 1.54) is 72.8 Å². The van der Waals surface area contributed by atoms with E-state index in [9.17, 15) is 26.3 Å². The highest BCUT2D eigenvalue weighted by Crippen LogP contribution is 2.28. The van der Waals surface area contributed by atoms with Gasteiger partial charge in [-0.2, -0.15) is 0 Å². The Balaban J connectivity index is 1.65. The van der Waals surface area contributed by atoms with Gasteiger partial charge in [0.15, 0.2) is 0 Å². The molecular weight excluding hydrogens is 483 g/mol. The van der Waals surface area contributed by atoms with Crippen LogP contribution in [-0.2, 0) is 31.5 Å². The average molecular weight is 504 g/mol. The van der Waals surface area contributed by atoms with Crippen LogP contribution in [0.1, 0.15) is 37.5 Å². The van der Waals surface area contributed by atoms with Crippen LogP contribution in [0.25, 0.3) is 0 Å². The first kappa shape index (κ1) is 26.4. The highest BCUT2D eigenvalue weighted by molar-refractivity contribution is 6.87. The van der Waals surface area contributed by atoms with E-state index < -0.39 is 39.1 Å². The highest BCUT2D eigenvalue weighted by Gasteiger charge is 2.44. The Morgan fingerprint density at radius 1 is 0.417 bits per heavy atom. The minimum atomic E-state index is -3.03. The summed E-state index contributed by atoms with van der Waals surface area (Å²) in [5.74, 6) is -9.10. The quantitative estimate of drug-likeness (QED) is 0.364.